The van der Waals surface area contributed by atoms with E-state index >= 15 is 0 Å². The van der Waals surface area contributed by atoms with Gasteiger partial charge in [0, 0.05) is 18.7 Å². The van der Waals surface area contributed by atoms with Crippen molar-refractivity contribution in [1.82, 2.24) is 15.1 Å². The van der Waals surface area contributed by atoms with Crippen LogP contribution in [0.2, 0.25) is 0 Å². The zero-order valence-electron chi connectivity index (χ0n) is 14.4. The van der Waals surface area contributed by atoms with Crippen molar-refractivity contribution in [1.29, 1.82) is 0 Å². The molecule has 1 aromatic heterocycles. The lowest BCUT2D eigenvalue weighted by molar-refractivity contribution is -0.125. The summed E-state index contributed by atoms with van der Waals surface area (Å²) in [6.45, 7) is 7.16. The van der Waals surface area contributed by atoms with E-state index in [1.54, 1.807) is 12.5 Å². The minimum Gasteiger partial charge on any atom is -0.472 e. The van der Waals surface area contributed by atoms with Crippen LogP contribution in [0.3, 0.4) is 0 Å². The topological polar surface area (TPSA) is 48.7 Å². The molecule has 3 heterocycles. The van der Waals surface area contributed by atoms with Crippen LogP contribution in [0.25, 0.3) is 0 Å². The second kappa shape index (κ2) is 7.05. The zero-order chi connectivity index (χ0) is 16.3. The Kier molecular flexibility index (Phi) is 5.07. The van der Waals surface area contributed by atoms with E-state index in [1.165, 1.54) is 12.8 Å². The normalized spacial score (nSPS) is 25.0. The van der Waals surface area contributed by atoms with Gasteiger partial charge in [0.2, 0.25) is 5.91 Å². The van der Waals surface area contributed by atoms with Gasteiger partial charge in [-0.3, -0.25) is 9.69 Å². The fourth-order valence-electron chi connectivity index (χ4n) is 4.08. The van der Waals surface area contributed by atoms with Gasteiger partial charge in [-0.05, 0) is 63.8 Å². The van der Waals surface area contributed by atoms with Crippen LogP contribution in [0.4, 0.5) is 0 Å². The first kappa shape index (κ1) is 16.5. The lowest BCUT2D eigenvalue weighted by Crippen LogP contribution is -2.43. The van der Waals surface area contributed by atoms with Crippen LogP contribution in [-0.2, 0) is 11.3 Å². The van der Waals surface area contributed by atoms with Gasteiger partial charge in [0.15, 0.2) is 0 Å². The number of carbonyl (C=O) groups excluding carboxylic acids is 1. The Morgan fingerprint density at radius 2 is 2.22 bits per heavy atom. The predicted molar refractivity (Wildman–Crippen MR) is 90.0 cm³/mol. The summed E-state index contributed by atoms with van der Waals surface area (Å²) in [4.78, 5) is 17.5. The lowest BCUT2D eigenvalue weighted by atomic mass is 9.76. The molecule has 1 amide bonds. The van der Waals surface area contributed by atoms with Crippen molar-refractivity contribution >= 4 is 5.91 Å². The number of hydrogen-bond donors (Lipinski definition) is 1. The molecule has 0 bridgehead atoms. The van der Waals surface area contributed by atoms with Crippen molar-refractivity contribution in [3.8, 4) is 0 Å². The largest absolute Gasteiger partial charge is 0.472 e. The molecule has 128 valence electrons. The summed E-state index contributed by atoms with van der Waals surface area (Å²) in [7, 11) is 2.20. The van der Waals surface area contributed by atoms with Gasteiger partial charge >= 0.3 is 0 Å². The standard InChI is InChI=1S/C18H29N3O2/c1-3-7-21-14-18(5-8-20(2)9-6-18)11-16(21)17(22)19-12-15-4-10-23-13-15/h4,10,13,16H,3,5-9,11-12,14H2,1-2H3,(H,19,22)/t16-/m0/s1. The van der Waals surface area contributed by atoms with Crippen LogP contribution in [0.15, 0.2) is 23.0 Å². The summed E-state index contributed by atoms with van der Waals surface area (Å²) in [5, 5.41) is 3.10. The monoisotopic (exact) mass is 319 g/mol. The molecule has 5 heteroatoms. The van der Waals surface area contributed by atoms with Gasteiger partial charge in [0.05, 0.1) is 18.6 Å². The lowest BCUT2D eigenvalue weighted by Gasteiger charge is -2.37. The fourth-order valence-corrected chi connectivity index (χ4v) is 4.08. The van der Waals surface area contributed by atoms with Crippen molar-refractivity contribution in [3.05, 3.63) is 24.2 Å². The first-order valence-corrected chi connectivity index (χ1v) is 8.83. The maximum atomic E-state index is 12.7. The summed E-state index contributed by atoms with van der Waals surface area (Å²) in [6.07, 6.45) is 7.88. The predicted octanol–water partition coefficient (Wildman–Crippen LogP) is 2.09. The Labute approximate surface area is 139 Å². The average Bonchev–Trinajstić information content (AvgIpc) is 3.17. The molecule has 2 aliphatic heterocycles. The third-order valence-corrected chi connectivity index (χ3v) is 5.51. The van der Waals surface area contributed by atoms with Crippen molar-refractivity contribution in [3.63, 3.8) is 0 Å². The number of amides is 1. The van der Waals surface area contributed by atoms with Crippen LogP contribution in [-0.4, -0.2) is 55.0 Å². The molecule has 5 nitrogen and oxygen atoms in total. The molecule has 0 aromatic carbocycles. The Bertz CT molecular complexity index is 506. The highest BCUT2D eigenvalue weighted by Crippen LogP contribution is 2.43. The number of piperidine rings is 1. The minimum absolute atomic E-state index is 0.0326. The highest BCUT2D eigenvalue weighted by molar-refractivity contribution is 5.82. The highest BCUT2D eigenvalue weighted by atomic mass is 16.3. The molecular formula is C18H29N3O2. The number of hydrogen-bond acceptors (Lipinski definition) is 4. The molecule has 2 fully saturated rings. The van der Waals surface area contributed by atoms with E-state index in [9.17, 15) is 4.79 Å². The SMILES string of the molecule is CCCN1CC2(CCN(C)CC2)C[C@H]1C(=O)NCc1ccoc1. The van der Waals surface area contributed by atoms with Gasteiger partial charge in [-0.15, -0.1) is 0 Å². The van der Waals surface area contributed by atoms with Gasteiger partial charge in [-0.25, -0.2) is 0 Å². The number of nitrogens with zero attached hydrogens (tertiary/aromatic N) is 2. The van der Waals surface area contributed by atoms with E-state index in [0.29, 0.717) is 12.0 Å². The second-order valence-corrected chi connectivity index (χ2v) is 7.34. The first-order valence-electron chi connectivity index (χ1n) is 8.83. The molecule has 0 saturated carbocycles. The van der Waals surface area contributed by atoms with E-state index in [2.05, 4.69) is 29.1 Å². The van der Waals surface area contributed by atoms with Gasteiger partial charge < -0.3 is 14.6 Å². The molecule has 23 heavy (non-hydrogen) atoms. The Morgan fingerprint density at radius 3 is 2.87 bits per heavy atom. The highest BCUT2D eigenvalue weighted by Gasteiger charge is 2.47. The molecule has 2 aliphatic rings. The van der Waals surface area contributed by atoms with E-state index in [-0.39, 0.29) is 11.9 Å². The smallest absolute Gasteiger partial charge is 0.237 e. The molecule has 1 atom stereocenters. The number of carbonyl (C=O) groups is 1. The third-order valence-electron chi connectivity index (χ3n) is 5.51. The van der Waals surface area contributed by atoms with Gasteiger partial charge in [-0.1, -0.05) is 6.92 Å². The second-order valence-electron chi connectivity index (χ2n) is 7.34. The number of nitrogens with one attached hydrogen (secondary N) is 1. The van der Waals surface area contributed by atoms with Crippen LogP contribution >= 0.6 is 0 Å². The average molecular weight is 319 g/mol. The fraction of sp³-hybridized carbons (Fsp3) is 0.722. The minimum atomic E-state index is 0.0326. The van der Waals surface area contributed by atoms with Crippen molar-refractivity contribution in [2.75, 3.05) is 33.2 Å². The molecule has 0 radical (unpaired) electrons. The maximum Gasteiger partial charge on any atom is 0.237 e. The van der Waals surface area contributed by atoms with Gasteiger partial charge in [0.1, 0.15) is 0 Å². The van der Waals surface area contributed by atoms with Crippen LogP contribution in [0.1, 0.15) is 38.2 Å². The number of likely N-dealkylation sites (tertiary alicyclic amines) is 2. The van der Waals surface area contributed by atoms with Crippen molar-refractivity contribution in [2.24, 2.45) is 5.41 Å². The van der Waals surface area contributed by atoms with Crippen molar-refractivity contribution < 1.29 is 9.21 Å². The molecular weight excluding hydrogens is 290 g/mol. The van der Waals surface area contributed by atoms with Crippen LogP contribution < -0.4 is 5.32 Å². The van der Waals surface area contributed by atoms with E-state index in [1.807, 2.05) is 6.07 Å². The summed E-state index contributed by atoms with van der Waals surface area (Å²) < 4.78 is 5.07. The molecule has 1 aromatic rings. The Hall–Kier alpha value is -1.33. The maximum absolute atomic E-state index is 12.7. The molecule has 2 saturated heterocycles. The summed E-state index contributed by atoms with van der Waals surface area (Å²) in [5.74, 6) is 0.176. The first-order chi connectivity index (χ1) is 11.1. The quantitative estimate of drug-likeness (QED) is 0.903. The van der Waals surface area contributed by atoms with E-state index < -0.39 is 0 Å². The van der Waals surface area contributed by atoms with Gasteiger partial charge in [-0.2, -0.15) is 0 Å². The summed E-state index contributed by atoms with van der Waals surface area (Å²) in [6, 6.07) is 1.93. The molecule has 0 unspecified atom stereocenters. The zero-order valence-corrected chi connectivity index (χ0v) is 14.4. The molecule has 1 N–H and O–H groups in total. The number of furan rings is 1. The molecule has 3 rings (SSSR count). The Morgan fingerprint density at radius 1 is 1.43 bits per heavy atom. The van der Waals surface area contributed by atoms with Crippen LogP contribution in [0, 0.1) is 5.41 Å². The molecule has 0 aliphatic carbocycles. The van der Waals surface area contributed by atoms with Gasteiger partial charge in [0.25, 0.3) is 0 Å². The van der Waals surface area contributed by atoms with Crippen molar-refractivity contribution in [2.45, 2.75) is 45.2 Å². The van der Waals surface area contributed by atoms with E-state index in [4.69, 9.17) is 4.42 Å². The third kappa shape index (κ3) is 3.78. The number of rotatable bonds is 5. The van der Waals surface area contributed by atoms with E-state index in [0.717, 1.165) is 44.6 Å². The summed E-state index contributed by atoms with van der Waals surface area (Å²) in [5.41, 5.74) is 1.37. The van der Waals surface area contributed by atoms with Crippen LogP contribution in [0.5, 0.6) is 0 Å². The molecule has 1 spiro atoms. The Balaban J connectivity index is 1.62. The summed E-state index contributed by atoms with van der Waals surface area (Å²) >= 11 is 0.